The van der Waals surface area contributed by atoms with Crippen LogP contribution in [0.5, 0.6) is 0 Å². The SMILES string of the molecule is Cc1[nH]nc(C(F)(F)F)c1NC(=O)c1ccc(Cn2cc([N+](=O)[O-])cn2)o1. The largest absolute Gasteiger partial charge is 0.454 e. The van der Waals surface area contributed by atoms with Crippen molar-refractivity contribution in [2.75, 3.05) is 5.32 Å². The number of aromatic nitrogens is 4. The topological polar surface area (TPSA) is 132 Å². The summed E-state index contributed by atoms with van der Waals surface area (Å²) in [6.45, 7) is 1.33. The van der Waals surface area contributed by atoms with Crippen LogP contribution in [0.15, 0.2) is 28.9 Å². The Morgan fingerprint density at radius 2 is 2.19 bits per heavy atom. The quantitative estimate of drug-likeness (QED) is 0.513. The van der Waals surface area contributed by atoms with Crippen LogP contribution in [0, 0.1) is 17.0 Å². The van der Waals surface area contributed by atoms with Crippen molar-refractivity contribution >= 4 is 17.3 Å². The normalized spacial score (nSPS) is 11.6. The lowest BCUT2D eigenvalue weighted by molar-refractivity contribution is -0.385. The second-order valence-corrected chi connectivity index (χ2v) is 5.44. The minimum atomic E-state index is -4.74. The maximum absolute atomic E-state index is 12.9. The van der Waals surface area contributed by atoms with E-state index in [0.29, 0.717) is 0 Å². The Morgan fingerprint density at radius 3 is 2.81 bits per heavy atom. The Balaban J connectivity index is 1.74. The van der Waals surface area contributed by atoms with Gasteiger partial charge in [-0.15, -0.1) is 0 Å². The van der Waals surface area contributed by atoms with Gasteiger partial charge < -0.3 is 9.73 Å². The zero-order valence-corrected chi connectivity index (χ0v) is 13.6. The van der Waals surface area contributed by atoms with E-state index in [-0.39, 0.29) is 29.4 Å². The zero-order valence-electron chi connectivity index (χ0n) is 13.6. The molecule has 0 saturated carbocycles. The molecule has 0 spiro atoms. The molecule has 13 heteroatoms. The van der Waals surface area contributed by atoms with Crippen molar-refractivity contribution in [1.82, 2.24) is 20.0 Å². The van der Waals surface area contributed by atoms with Gasteiger partial charge in [-0.25, -0.2) is 0 Å². The third-order valence-electron chi connectivity index (χ3n) is 3.49. The summed E-state index contributed by atoms with van der Waals surface area (Å²) in [6.07, 6.45) is -2.51. The molecule has 0 aliphatic carbocycles. The van der Waals surface area contributed by atoms with Crippen molar-refractivity contribution in [3.8, 4) is 0 Å². The molecule has 3 rings (SSSR count). The Bertz CT molecular complexity index is 1000. The maximum atomic E-state index is 12.9. The number of nitrogens with one attached hydrogen (secondary N) is 2. The number of nitrogens with zero attached hydrogens (tertiary/aromatic N) is 4. The molecule has 3 aromatic heterocycles. The lowest BCUT2D eigenvalue weighted by Gasteiger charge is -2.07. The number of hydrogen-bond acceptors (Lipinski definition) is 6. The van der Waals surface area contributed by atoms with Crippen LogP contribution in [0.4, 0.5) is 24.5 Å². The van der Waals surface area contributed by atoms with Crippen molar-refractivity contribution in [3.05, 3.63) is 57.5 Å². The van der Waals surface area contributed by atoms with Crippen molar-refractivity contribution in [2.24, 2.45) is 0 Å². The standard InChI is InChI=1S/C14H11F3N6O4/c1-7-11(12(21-20-7)14(15,16)17)19-13(24)10-3-2-9(27-10)6-22-5-8(4-18-22)23(25)26/h2-5H,6H2,1H3,(H,19,24)(H,20,21). The number of furan rings is 1. The first-order chi connectivity index (χ1) is 12.6. The number of rotatable bonds is 5. The molecule has 3 aromatic rings. The molecule has 0 aromatic carbocycles. The van der Waals surface area contributed by atoms with Crippen molar-refractivity contribution in [2.45, 2.75) is 19.6 Å². The molecule has 27 heavy (non-hydrogen) atoms. The van der Waals surface area contributed by atoms with Gasteiger partial charge in [-0.05, 0) is 19.1 Å². The van der Waals surface area contributed by atoms with Gasteiger partial charge in [0.15, 0.2) is 11.5 Å². The number of alkyl halides is 3. The summed E-state index contributed by atoms with van der Waals surface area (Å²) in [7, 11) is 0. The molecule has 0 aliphatic rings. The van der Waals surface area contributed by atoms with Gasteiger partial charge in [0.1, 0.15) is 18.2 Å². The molecule has 142 valence electrons. The summed E-state index contributed by atoms with van der Waals surface area (Å²) in [5.74, 6) is -0.902. The van der Waals surface area contributed by atoms with E-state index in [1.54, 1.807) is 0 Å². The van der Waals surface area contributed by atoms with Gasteiger partial charge in [0.2, 0.25) is 0 Å². The highest BCUT2D eigenvalue weighted by Gasteiger charge is 2.38. The summed E-state index contributed by atoms with van der Waals surface area (Å²) in [5, 5.41) is 21.8. The van der Waals surface area contributed by atoms with Crippen LogP contribution >= 0.6 is 0 Å². The first-order valence-electron chi connectivity index (χ1n) is 7.34. The number of aromatic amines is 1. The number of anilines is 1. The van der Waals surface area contributed by atoms with E-state index in [4.69, 9.17) is 4.42 Å². The second-order valence-electron chi connectivity index (χ2n) is 5.44. The fourth-order valence-electron chi connectivity index (χ4n) is 2.24. The molecule has 0 bridgehead atoms. The lowest BCUT2D eigenvalue weighted by Crippen LogP contribution is -2.16. The number of amides is 1. The van der Waals surface area contributed by atoms with Crippen LogP contribution in [-0.4, -0.2) is 30.8 Å². The fourth-order valence-corrected chi connectivity index (χ4v) is 2.24. The van der Waals surface area contributed by atoms with E-state index < -0.39 is 28.4 Å². The fraction of sp³-hybridized carbons (Fsp3) is 0.214. The molecule has 10 nitrogen and oxygen atoms in total. The van der Waals surface area contributed by atoms with E-state index in [9.17, 15) is 28.1 Å². The number of nitro groups is 1. The van der Waals surface area contributed by atoms with Crippen molar-refractivity contribution in [3.63, 3.8) is 0 Å². The van der Waals surface area contributed by atoms with Crippen LogP contribution < -0.4 is 5.32 Å². The number of aryl methyl sites for hydroxylation is 1. The van der Waals surface area contributed by atoms with Crippen LogP contribution in [0.25, 0.3) is 0 Å². The number of carbonyl (C=O) groups excluding carboxylic acids is 1. The van der Waals surface area contributed by atoms with Crippen molar-refractivity contribution in [1.29, 1.82) is 0 Å². The van der Waals surface area contributed by atoms with E-state index >= 15 is 0 Å². The Morgan fingerprint density at radius 1 is 1.44 bits per heavy atom. The van der Waals surface area contributed by atoms with E-state index in [1.165, 1.54) is 29.9 Å². The van der Waals surface area contributed by atoms with Gasteiger partial charge in [0, 0.05) is 0 Å². The molecule has 0 saturated heterocycles. The molecule has 1 amide bonds. The minimum Gasteiger partial charge on any atom is -0.454 e. The Kier molecular flexibility index (Phi) is 4.43. The number of carbonyl (C=O) groups is 1. The van der Waals surface area contributed by atoms with Crippen molar-refractivity contribution < 1.29 is 27.3 Å². The van der Waals surface area contributed by atoms with Crippen LogP contribution in [0.2, 0.25) is 0 Å². The van der Waals surface area contributed by atoms with Gasteiger partial charge in [-0.1, -0.05) is 0 Å². The minimum absolute atomic E-state index is 0.000338. The third-order valence-corrected chi connectivity index (χ3v) is 3.49. The predicted molar refractivity (Wildman–Crippen MR) is 83.0 cm³/mol. The van der Waals surface area contributed by atoms with Gasteiger partial charge in [-0.2, -0.15) is 23.4 Å². The van der Waals surface area contributed by atoms with E-state index in [0.717, 1.165) is 6.20 Å². The first kappa shape index (κ1) is 18.2. The van der Waals surface area contributed by atoms with Gasteiger partial charge >= 0.3 is 11.9 Å². The summed E-state index contributed by atoms with van der Waals surface area (Å²) >= 11 is 0. The average molecular weight is 384 g/mol. The summed E-state index contributed by atoms with van der Waals surface area (Å²) < 4.78 is 45.2. The molecule has 3 heterocycles. The molecule has 0 atom stereocenters. The third kappa shape index (κ3) is 3.80. The number of hydrogen-bond donors (Lipinski definition) is 2. The van der Waals surface area contributed by atoms with Gasteiger partial charge in [0.05, 0.1) is 22.8 Å². The lowest BCUT2D eigenvalue weighted by atomic mass is 10.2. The maximum Gasteiger partial charge on any atom is 0.437 e. The van der Waals surface area contributed by atoms with Crippen LogP contribution in [0.3, 0.4) is 0 Å². The summed E-state index contributed by atoms with van der Waals surface area (Å²) in [4.78, 5) is 22.2. The highest BCUT2D eigenvalue weighted by atomic mass is 19.4. The number of H-pyrrole nitrogens is 1. The smallest absolute Gasteiger partial charge is 0.437 e. The molecular weight excluding hydrogens is 373 g/mol. The molecule has 0 aliphatic heterocycles. The van der Waals surface area contributed by atoms with Gasteiger partial charge in [-0.3, -0.25) is 24.7 Å². The second kappa shape index (κ2) is 6.59. The Labute approximate surface area is 148 Å². The molecule has 2 N–H and O–H groups in total. The highest BCUT2D eigenvalue weighted by molar-refractivity contribution is 6.03. The van der Waals surface area contributed by atoms with E-state index in [1.807, 2.05) is 0 Å². The van der Waals surface area contributed by atoms with Crippen LogP contribution in [-0.2, 0) is 12.7 Å². The first-order valence-corrected chi connectivity index (χ1v) is 7.34. The highest BCUT2D eigenvalue weighted by Crippen LogP contribution is 2.34. The summed E-state index contributed by atoms with van der Waals surface area (Å²) in [6, 6.07) is 2.68. The molecular formula is C14H11F3N6O4. The zero-order chi connectivity index (χ0) is 19.8. The van der Waals surface area contributed by atoms with E-state index in [2.05, 4.69) is 20.6 Å². The molecule has 0 fully saturated rings. The predicted octanol–water partition coefficient (Wildman–Crippen LogP) is 2.74. The molecule has 0 radical (unpaired) electrons. The Hall–Kier alpha value is -3.64. The number of halogens is 3. The van der Waals surface area contributed by atoms with Gasteiger partial charge in [0.25, 0.3) is 5.91 Å². The molecule has 0 unspecified atom stereocenters. The summed E-state index contributed by atoms with van der Waals surface area (Å²) in [5.41, 5.74) is -1.92. The average Bonchev–Trinajstić information content (AvgIpc) is 3.28. The monoisotopic (exact) mass is 384 g/mol. The van der Waals surface area contributed by atoms with Crippen LogP contribution in [0.1, 0.15) is 27.7 Å².